The Hall–Kier alpha value is -1.67. The van der Waals surface area contributed by atoms with Crippen LogP contribution in [0.4, 0.5) is 9.93 Å². The topological polar surface area (TPSA) is 80.8 Å². The van der Waals surface area contributed by atoms with Gasteiger partial charge in [0.15, 0.2) is 5.13 Å². The number of nitrogens with one attached hydrogen (secondary N) is 1. The summed E-state index contributed by atoms with van der Waals surface area (Å²) >= 11 is 1.41. The lowest BCUT2D eigenvalue weighted by Crippen LogP contribution is -2.35. The molecule has 7 nitrogen and oxygen atoms in total. The number of hydrogen-bond acceptors (Lipinski definition) is 7. The van der Waals surface area contributed by atoms with E-state index in [1.807, 2.05) is 4.90 Å². The monoisotopic (exact) mass is 299 g/mol. The highest BCUT2D eigenvalue weighted by Crippen LogP contribution is 2.28. The lowest BCUT2D eigenvalue weighted by atomic mass is 10.2. The zero-order valence-electron chi connectivity index (χ0n) is 11.5. The van der Waals surface area contributed by atoms with Crippen LogP contribution in [0.3, 0.4) is 0 Å². The van der Waals surface area contributed by atoms with Gasteiger partial charge < -0.3 is 9.47 Å². The van der Waals surface area contributed by atoms with Crippen LogP contribution in [-0.2, 0) is 27.2 Å². The van der Waals surface area contributed by atoms with Gasteiger partial charge in [0.25, 0.3) is 0 Å². The van der Waals surface area contributed by atoms with Gasteiger partial charge in [0.1, 0.15) is 0 Å². The van der Waals surface area contributed by atoms with Gasteiger partial charge >= 0.3 is 12.1 Å². The first kappa shape index (κ1) is 14.7. The van der Waals surface area contributed by atoms with Crippen LogP contribution in [0, 0.1) is 0 Å². The molecule has 20 heavy (non-hydrogen) atoms. The molecule has 0 spiro atoms. The van der Waals surface area contributed by atoms with Crippen LogP contribution in [0.15, 0.2) is 0 Å². The zero-order valence-corrected chi connectivity index (χ0v) is 12.3. The number of esters is 1. The fourth-order valence-corrected chi connectivity index (χ4v) is 3.00. The number of rotatable bonds is 4. The van der Waals surface area contributed by atoms with Gasteiger partial charge in [0.2, 0.25) is 0 Å². The van der Waals surface area contributed by atoms with Crippen molar-refractivity contribution < 1.29 is 19.1 Å². The molecule has 0 aromatic carbocycles. The molecule has 0 aliphatic carbocycles. The highest BCUT2D eigenvalue weighted by molar-refractivity contribution is 7.15. The number of thiazole rings is 1. The van der Waals surface area contributed by atoms with E-state index in [2.05, 4.69) is 15.0 Å². The molecule has 0 saturated carbocycles. The smallest absolute Gasteiger partial charge is 0.413 e. The first-order valence-corrected chi connectivity index (χ1v) is 7.15. The van der Waals surface area contributed by atoms with Crippen molar-refractivity contribution in [3.05, 3.63) is 10.6 Å². The second-order valence-electron chi connectivity index (χ2n) is 4.27. The van der Waals surface area contributed by atoms with E-state index in [-0.39, 0.29) is 12.5 Å². The third kappa shape index (κ3) is 3.67. The van der Waals surface area contributed by atoms with Crippen molar-refractivity contribution in [1.82, 2.24) is 9.88 Å². The molecule has 1 aromatic heterocycles. The average molecular weight is 299 g/mol. The van der Waals surface area contributed by atoms with Crippen LogP contribution in [0.5, 0.6) is 0 Å². The van der Waals surface area contributed by atoms with Crippen molar-refractivity contribution >= 4 is 28.5 Å². The van der Waals surface area contributed by atoms with Gasteiger partial charge in [-0.05, 0) is 6.92 Å². The number of amides is 1. The van der Waals surface area contributed by atoms with Gasteiger partial charge in [-0.2, -0.15) is 0 Å². The second-order valence-corrected chi connectivity index (χ2v) is 5.35. The van der Waals surface area contributed by atoms with Crippen molar-refractivity contribution in [3.8, 4) is 0 Å². The summed E-state index contributed by atoms with van der Waals surface area (Å²) in [5, 5.41) is 3.09. The van der Waals surface area contributed by atoms with Gasteiger partial charge in [-0.15, -0.1) is 0 Å². The summed E-state index contributed by atoms with van der Waals surface area (Å²) in [5.41, 5.74) is 0.974. The standard InChI is InChI=1S/C12H17N3O4S/c1-3-19-10(16)7-15-5-4-8-9(6-15)20-11(13-8)14-12(17)18-2/h3-7H2,1-2H3,(H,13,14,17). The summed E-state index contributed by atoms with van der Waals surface area (Å²) in [7, 11) is 1.31. The van der Waals surface area contributed by atoms with E-state index in [1.54, 1.807) is 6.92 Å². The lowest BCUT2D eigenvalue weighted by molar-refractivity contribution is -0.144. The largest absolute Gasteiger partial charge is 0.465 e. The van der Waals surface area contributed by atoms with E-state index in [0.29, 0.717) is 18.3 Å². The molecule has 1 N–H and O–H groups in total. The number of hydrogen-bond donors (Lipinski definition) is 1. The molecule has 2 rings (SSSR count). The number of carbonyl (C=O) groups excluding carboxylic acids is 2. The molecule has 0 saturated heterocycles. The summed E-state index contributed by atoms with van der Waals surface area (Å²) in [6.45, 7) is 3.87. The Morgan fingerprint density at radius 2 is 2.30 bits per heavy atom. The molecular formula is C12H17N3O4S. The Balaban J connectivity index is 1.96. The van der Waals surface area contributed by atoms with E-state index in [0.717, 1.165) is 23.5 Å². The summed E-state index contributed by atoms with van der Waals surface area (Å²) in [6.07, 6.45) is 0.230. The fraction of sp³-hybridized carbons (Fsp3) is 0.583. The predicted molar refractivity (Wildman–Crippen MR) is 73.8 cm³/mol. The van der Waals surface area contributed by atoms with Crippen LogP contribution in [0.2, 0.25) is 0 Å². The Kier molecular flexibility index (Phi) is 4.91. The van der Waals surface area contributed by atoms with Crippen LogP contribution in [0.25, 0.3) is 0 Å². The minimum Gasteiger partial charge on any atom is -0.465 e. The number of anilines is 1. The molecule has 1 amide bonds. The van der Waals surface area contributed by atoms with E-state index in [1.165, 1.54) is 18.4 Å². The maximum Gasteiger partial charge on any atom is 0.413 e. The SMILES string of the molecule is CCOC(=O)CN1CCc2nc(NC(=O)OC)sc2C1. The highest BCUT2D eigenvalue weighted by Gasteiger charge is 2.23. The molecule has 8 heteroatoms. The van der Waals surface area contributed by atoms with E-state index in [4.69, 9.17) is 4.74 Å². The second kappa shape index (κ2) is 6.67. The molecule has 0 unspecified atom stereocenters. The molecule has 1 aliphatic heterocycles. The summed E-state index contributed by atoms with van der Waals surface area (Å²) in [5.74, 6) is -0.214. The average Bonchev–Trinajstić information content (AvgIpc) is 2.80. The minimum absolute atomic E-state index is 0.214. The highest BCUT2D eigenvalue weighted by atomic mass is 32.1. The normalized spacial score (nSPS) is 14.5. The fourth-order valence-electron chi connectivity index (χ4n) is 1.96. The Morgan fingerprint density at radius 3 is 3.00 bits per heavy atom. The van der Waals surface area contributed by atoms with Crippen molar-refractivity contribution in [2.24, 2.45) is 0 Å². The van der Waals surface area contributed by atoms with Gasteiger partial charge in [0, 0.05) is 24.4 Å². The molecule has 1 aromatic rings. The molecule has 2 heterocycles. The van der Waals surface area contributed by atoms with Crippen molar-refractivity contribution in [2.75, 3.05) is 32.1 Å². The quantitative estimate of drug-likeness (QED) is 0.843. The van der Waals surface area contributed by atoms with Crippen LogP contribution >= 0.6 is 11.3 Å². The van der Waals surface area contributed by atoms with Gasteiger partial charge in [0.05, 0.1) is 26.0 Å². The number of ether oxygens (including phenoxy) is 2. The third-order valence-electron chi connectivity index (χ3n) is 2.86. The van der Waals surface area contributed by atoms with Crippen LogP contribution in [0.1, 0.15) is 17.5 Å². The predicted octanol–water partition coefficient (Wildman–Crippen LogP) is 1.24. The Labute approximate surface area is 120 Å². The number of fused-ring (bicyclic) bond motifs is 1. The number of nitrogens with zero attached hydrogens (tertiary/aromatic N) is 2. The summed E-state index contributed by atoms with van der Waals surface area (Å²) in [6, 6.07) is 0. The molecule has 1 aliphatic rings. The van der Waals surface area contributed by atoms with Crippen molar-refractivity contribution in [2.45, 2.75) is 19.9 Å². The van der Waals surface area contributed by atoms with Crippen LogP contribution < -0.4 is 5.32 Å². The number of aromatic nitrogens is 1. The Bertz CT molecular complexity index is 503. The molecular weight excluding hydrogens is 282 g/mol. The number of methoxy groups -OCH3 is 1. The molecule has 0 fully saturated rings. The zero-order chi connectivity index (χ0) is 14.5. The number of carbonyl (C=O) groups is 2. The van der Waals surface area contributed by atoms with Gasteiger partial charge in [-0.3, -0.25) is 15.0 Å². The first-order valence-electron chi connectivity index (χ1n) is 6.34. The minimum atomic E-state index is -0.528. The van der Waals surface area contributed by atoms with Gasteiger partial charge in [-0.25, -0.2) is 9.78 Å². The first-order chi connectivity index (χ1) is 9.62. The van der Waals surface area contributed by atoms with Crippen molar-refractivity contribution in [3.63, 3.8) is 0 Å². The third-order valence-corrected chi connectivity index (χ3v) is 3.86. The molecule has 0 bridgehead atoms. The van der Waals surface area contributed by atoms with E-state index >= 15 is 0 Å². The van der Waals surface area contributed by atoms with E-state index in [9.17, 15) is 9.59 Å². The Morgan fingerprint density at radius 1 is 1.50 bits per heavy atom. The maximum atomic E-state index is 11.5. The maximum absolute atomic E-state index is 11.5. The molecule has 110 valence electrons. The summed E-state index contributed by atoms with van der Waals surface area (Å²) in [4.78, 5) is 30.0. The molecule has 0 atom stereocenters. The van der Waals surface area contributed by atoms with Gasteiger partial charge in [-0.1, -0.05) is 11.3 Å². The molecule has 0 radical (unpaired) electrons. The van der Waals surface area contributed by atoms with Crippen LogP contribution in [-0.4, -0.2) is 48.8 Å². The van der Waals surface area contributed by atoms with Crippen molar-refractivity contribution in [1.29, 1.82) is 0 Å². The van der Waals surface area contributed by atoms with E-state index < -0.39 is 6.09 Å². The summed E-state index contributed by atoms with van der Waals surface area (Å²) < 4.78 is 9.47. The lowest BCUT2D eigenvalue weighted by Gasteiger charge is -2.24.